The molecule has 2 aromatic carbocycles. The number of rotatable bonds is 6. The van der Waals surface area contributed by atoms with Gasteiger partial charge in [-0.1, -0.05) is 62.2 Å². The molecule has 2 aromatic rings. The van der Waals surface area contributed by atoms with E-state index in [4.69, 9.17) is 0 Å². The second-order valence-electron chi connectivity index (χ2n) is 5.01. The Morgan fingerprint density at radius 3 is 2.45 bits per heavy atom. The third-order valence-electron chi connectivity index (χ3n) is 3.47. The summed E-state index contributed by atoms with van der Waals surface area (Å²) < 4.78 is 0. The first-order valence-electron chi connectivity index (χ1n) is 7.14. The van der Waals surface area contributed by atoms with Gasteiger partial charge in [-0.15, -0.1) is 0 Å². The summed E-state index contributed by atoms with van der Waals surface area (Å²) in [7, 11) is 0. The Bertz CT molecular complexity index is 573. The van der Waals surface area contributed by atoms with Crippen LogP contribution < -0.4 is 0 Å². The Morgan fingerprint density at radius 2 is 1.80 bits per heavy atom. The maximum atomic E-state index is 11.5. The van der Waals surface area contributed by atoms with Gasteiger partial charge < -0.3 is 5.11 Å². The number of hydrogen-bond donors (Lipinski definition) is 1. The second kappa shape index (κ2) is 6.90. The van der Waals surface area contributed by atoms with Gasteiger partial charge in [-0.2, -0.15) is 0 Å². The molecule has 1 N–H and O–H groups in total. The van der Waals surface area contributed by atoms with Gasteiger partial charge in [0, 0.05) is 0 Å². The molecule has 0 amide bonds. The molecular weight excluding hydrogens is 248 g/mol. The first-order valence-corrected chi connectivity index (χ1v) is 7.14. The summed E-state index contributed by atoms with van der Waals surface area (Å²) in [6.07, 6.45) is 4.42. The molecular formula is C18H20O2. The van der Waals surface area contributed by atoms with E-state index in [1.165, 1.54) is 12.8 Å². The summed E-state index contributed by atoms with van der Waals surface area (Å²) in [6.45, 7) is 2.17. The van der Waals surface area contributed by atoms with Crippen LogP contribution in [0.2, 0.25) is 0 Å². The number of carboxylic acids is 1. The van der Waals surface area contributed by atoms with E-state index in [9.17, 15) is 9.90 Å². The highest BCUT2D eigenvalue weighted by molar-refractivity contribution is 5.96. The van der Waals surface area contributed by atoms with Crippen LogP contribution in [0.15, 0.2) is 48.5 Å². The van der Waals surface area contributed by atoms with E-state index in [1.54, 1.807) is 0 Å². The van der Waals surface area contributed by atoms with E-state index >= 15 is 0 Å². The molecule has 0 radical (unpaired) electrons. The summed E-state index contributed by atoms with van der Waals surface area (Å²) in [6, 6.07) is 15.5. The lowest BCUT2D eigenvalue weighted by molar-refractivity contribution is 0.0697. The molecule has 2 heteroatoms. The summed E-state index contributed by atoms with van der Waals surface area (Å²) >= 11 is 0. The van der Waals surface area contributed by atoms with Gasteiger partial charge in [0.15, 0.2) is 0 Å². The van der Waals surface area contributed by atoms with Gasteiger partial charge in [0.2, 0.25) is 0 Å². The Labute approximate surface area is 120 Å². The molecule has 104 valence electrons. The fraction of sp³-hybridized carbons (Fsp3) is 0.278. The smallest absolute Gasteiger partial charge is 0.336 e. The standard InChI is InChI=1S/C18H20O2/c1-2-3-5-8-14-11-12-16(17(13-14)18(19)20)15-9-6-4-7-10-15/h4,6-7,9-13H,2-3,5,8H2,1H3,(H,19,20). The van der Waals surface area contributed by atoms with Crippen LogP contribution in [0.1, 0.15) is 42.1 Å². The van der Waals surface area contributed by atoms with Crippen molar-refractivity contribution in [2.45, 2.75) is 32.6 Å². The van der Waals surface area contributed by atoms with E-state index in [-0.39, 0.29) is 0 Å². The predicted molar refractivity (Wildman–Crippen MR) is 82.1 cm³/mol. The van der Waals surface area contributed by atoms with Gasteiger partial charge in [0.25, 0.3) is 0 Å². The first kappa shape index (κ1) is 14.3. The molecule has 0 unspecified atom stereocenters. The van der Waals surface area contributed by atoms with Gasteiger partial charge in [-0.05, 0) is 35.6 Å². The number of aryl methyl sites for hydroxylation is 1. The number of carboxylic acid groups (broad SMARTS) is 1. The molecule has 0 aliphatic carbocycles. The highest BCUT2D eigenvalue weighted by Crippen LogP contribution is 2.25. The molecule has 2 nitrogen and oxygen atoms in total. The zero-order valence-electron chi connectivity index (χ0n) is 11.8. The van der Waals surface area contributed by atoms with Gasteiger partial charge in [0.05, 0.1) is 5.56 Å². The SMILES string of the molecule is CCCCCc1ccc(-c2ccccc2)c(C(=O)O)c1. The molecule has 2 rings (SSSR count). The maximum absolute atomic E-state index is 11.5. The van der Waals surface area contributed by atoms with Crippen LogP contribution in [0.5, 0.6) is 0 Å². The Balaban J connectivity index is 2.32. The van der Waals surface area contributed by atoms with E-state index < -0.39 is 5.97 Å². The molecule has 0 fully saturated rings. The fourth-order valence-electron chi connectivity index (χ4n) is 2.37. The highest BCUT2D eigenvalue weighted by Gasteiger charge is 2.12. The van der Waals surface area contributed by atoms with Crippen LogP contribution in [-0.4, -0.2) is 11.1 Å². The minimum Gasteiger partial charge on any atom is -0.478 e. The number of carbonyl (C=O) groups is 1. The number of unbranched alkanes of at least 4 members (excludes halogenated alkanes) is 2. The Morgan fingerprint density at radius 1 is 1.05 bits per heavy atom. The lowest BCUT2D eigenvalue weighted by Crippen LogP contribution is -2.01. The van der Waals surface area contributed by atoms with Gasteiger partial charge >= 0.3 is 5.97 Å². The minimum absolute atomic E-state index is 0.394. The van der Waals surface area contributed by atoms with E-state index in [1.807, 2.05) is 48.5 Å². The average molecular weight is 268 g/mol. The van der Waals surface area contributed by atoms with Gasteiger partial charge in [-0.3, -0.25) is 0 Å². The van der Waals surface area contributed by atoms with Crippen molar-refractivity contribution >= 4 is 5.97 Å². The zero-order chi connectivity index (χ0) is 14.4. The first-order chi connectivity index (χ1) is 9.72. The van der Waals surface area contributed by atoms with Crippen molar-refractivity contribution in [1.29, 1.82) is 0 Å². The van der Waals surface area contributed by atoms with E-state index in [0.717, 1.165) is 29.5 Å². The normalized spacial score (nSPS) is 10.4. The van der Waals surface area contributed by atoms with Crippen LogP contribution in [0.3, 0.4) is 0 Å². The molecule has 0 atom stereocenters. The molecule has 0 aliphatic rings. The Kier molecular flexibility index (Phi) is 4.94. The molecule has 20 heavy (non-hydrogen) atoms. The summed E-state index contributed by atoms with van der Waals surface area (Å²) in [5, 5.41) is 9.42. The largest absolute Gasteiger partial charge is 0.478 e. The second-order valence-corrected chi connectivity index (χ2v) is 5.01. The van der Waals surface area contributed by atoms with E-state index in [0.29, 0.717) is 5.56 Å². The van der Waals surface area contributed by atoms with Crippen molar-refractivity contribution < 1.29 is 9.90 Å². The molecule has 0 aliphatic heterocycles. The summed E-state index contributed by atoms with van der Waals surface area (Å²) in [5.74, 6) is -0.860. The lowest BCUT2D eigenvalue weighted by atomic mass is 9.96. The molecule has 0 saturated heterocycles. The number of hydrogen-bond acceptors (Lipinski definition) is 1. The monoisotopic (exact) mass is 268 g/mol. The van der Waals surface area contributed by atoms with Crippen molar-refractivity contribution in [3.05, 3.63) is 59.7 Å². The highest BCUT2D eigenvalue weighted by atomic mass is 16.4. The van der Waals surface area contributed by atoms with Crippen molar-refractivity contribution in [3.8, 4) is 11.1 Å². The zero-order valence-corrected chi connectivity index (χ0v) is 11.8. The van der Waals surface area contributed by atoms with Crippen LogP contribution in [0.4, 0.5) is 0 Å². The quantitative estimate of drug-likeness (QED) is 0.765. The summed E-state index contributed by atoms with van der Waals surface area (Å²) in [5.41, 5.74) is 3.24. The number of benzene rings is 2. The molecule has 0 bridgehead atoms. The predicted octanol–water partition coefficient (Wildman–Crippen LogP) is 4.78. The third kappa shape index (κ3) is 3.47. The van der Waals surface area contributed by atoms with Gasteiger partial charge in [-0.25, -0.2) is 4.79 Å². The Hall–Kier alpha value is -2.09. The van der Waals surface area contributed by atoms with Crippen LogP contribution >= 0.6 is 0 Å². The number of aromatic carboxylic acids is 1. The van der Waals surface area contributed by atoms with Crippen LogP contribution in [0, 0.1) is 0 Å². The van der Waals surface area contributed by atoms with Crippen molar-refractivity contribution in [2.75, 3.05) is 0 Å². The maximum Gasteiger partial charge on any atom is 0.336 e. The van der Waals surface area contributed by atoms with Crippen molar-refractivity contribution in [3.63, 3.8) is 0 Å². The molecule has 0 saturated carbocycles. The van der Waals surface area contributed by atoms with Crippen molar-refractivity contribution in [2.24, 2.45) is 0 Å². The van der Waals surface area contributed by atoms with E-state index in [2.05, 4.69) is 6.92 Å². The fourth-order valence-corrected chi connectivity index (χ4v) is 2.37. The minimum atomic E-state index is -0.860. The average Bonchev–Trinajstić information content (AvgIpc) is 2.48. The topological polar surface area (TPSA) is 37.3 Å². The molecule has 0 aromatic heterocycles. The molecule has 0 spiro atoms. The van der Waals surface area contributed by atoms with Crippen LogP contribution in [0.25, 0.3) is 11.1 Å². The lowest BCUT2D eigenvalue weighted by Gasteiger charge is -2.09. The van der Waals surface area contributed by atoms with Gasteiger partial charge in [0.1, 0.15) is 0 Å². The van der Waals surface area contributed by atoms with Crippen molar-refractivity contribution in [1.82, 2.24) is 0 Å². The molecule has 0 heterocycles. The van der Waals surface area contributed by atoms with Crippen LogP contribution in [-0.2, 0) is 6.42 Å². The third-order valence-corrected chi connectivity index (χ3v) is 3.47. The summed E-state index contributed by atoms with van der Waals surface area (Å²) in [4.78, 5) is 11.5.